The van der Waals surface area contributed by atoms with Gasteiger partial charge < -0.3 is 5.32 Å². The molecule has 0 heterocycles. The van der Waals surface area contributed by atoms with Gasteiger partial charge in [0, 0.05) is 17.1 Å². The molecule has 1 rings (SSSR count). The number of nitrogens with one attached hydrogen (secondary N) is 1. The second-order valence-electron chi connectivity index (χ2n) is 2.91. The van der Waals surface area contributed by atoms with E-state index in [0.717, 1.165) is 18.6 Å². The maximum absolute atomic E-state index is 12.8. The number of hydrogen-bond acceptors (Lipinski definition) is 1. The van der Waals surface area contributed by atoms with Crippen molar-refractivity contribution in [2.45, 2.75) is 13.3 Å². The van der Waals surface area contributed by atoms with Crippen LogP contribution in [0.4, 0.5) is 4.39 Å². The summed E-state index contributed by atoms with van der Waals surface area (Å²) in [5.74, 6) is -0.799. The van der Waals surface area contributed by atoms with Crippen LogP contribution in [0.2, 0.25) is 5.02 Å². The van der Waals surface area contributed by atoms with Crippen molar-refractivity contribution in [2.75, 3.05) is 6.54 Å². The molecule has 1 aromatic carbocycles. The van der Waals surface area contributed by atoms with Gasteiger partial charge in [-0.15, -0.1) is 0 Å². The Balaban J connectivity index is 2.79. The summed E-state index contributed by atoms with van der Waals surface area (Å²) in [6, 6.07) is 3.77. The van der Waals surface area contributed by atoms with Crippen LogP contribution < -0.4 is 5.32 Å². The van der Waals surface area contributed by atoms with Gasteiger partial charge in [0.05, 0.1) is 0 Å². The summed E-state index contributed by atoms with van der Waals surface area (Å²) in [5.41, 5.74) is 0.253. The van der Waals surface area contributed by atoms with Crippen LogP contribution in [0.3, 0.4) is 0 Å². The molecule has 0 fully saturated rings. The number of benzene rings is 1. The molecule has 14 heavy (non-hydrogen) atoms. The summed E-state index contributed by atoms with van der Waals surface area (Å²) >= 11 is 5.61. The van der Waals surface area contributed by atoms with Crippen LogP contribution in [0.5, 0.6) is 0 Å². The number of halogens is 2. The van der Waals surface area contributed by atoms with Crippen molar-refractivity contribution in [2.24, 2.45) is 0 Å². The van der Waals surface area contributed by atoms with E-state index in [1.54, 1.807) is 0 Å². The lowest BCUT2D eigenvalue weighted by Crippen LogP contribution is -2.24. The molecule has 0 aliphatic carbocycles. The minimum atomic E-state index is -0.501. The van der Waals surface area contributed by atoms with Crippen LogP contribution >= 0.6 is 11.6 Å². The Morgan fingerprint density at radius 2 is 2.21 bits per heavy atom. The van der Waals surface area contributed by atoms with Gasteiger partial charge in [0.1, 0.15) is 5.82 Å². The van der Waals surface area contributed by atoms with E-state index in [2.05, 4.69) is 5.32 Å². The summed E-state index contributed by atoms with van der Waals surface area (Å²) in [5, 5.41) is 2.87. The van der Waals surface area contributed by atoms with E-state index < -0.39 is 5.82 Å². The fourth-order valence-electron chi connectivity index (χ4n) is 1.03. The van der Waals surface area contributed by atoms with E-state index in [1.165, 1.54) is 6.07 Å². The Kier molecular flexibility index (Phi) is 3.89. The highest BCUT2D eigenvalue weighted by atomic mass is 35.5. The molecule has 0 aliphatic rings. The highest BCUT2D eigenvalue weighted by molar-refractivity contribution is 6.31. The molecule has 76 valence electrons. The lowest BCUT2D eigenvalue weighted by molar-refractivity contribution is 0.0953. The molecule has 0 aromatic heterocycles. The molecular weight excluding hydrogens is 205 g/mol. The molecule has 0 saturated carbocycles. The van der Waals surface area contributed by atoms with Gasteiger partial charge in [0.25, 0.3) is 5.91 Å². The molecule has 0 aliphatic heterocycles. The first-order valence-corrected chi connectivity index (χ1v) is 4.75. The maximum atomic E-state index is 12.8. The molecule has 1 aromatic rings. The van der Waals surface area contributed by atoms with Crippen molar-refractivity contribution in [1.82, 2.24) is 5.32 Å². The van der Waals surface area contributed by atoms with Gasteiger partial charge in [-0.05, 0) is 24.6 Å². The first-order valence-electron chi connectivity index (χ1n) is 4.37. The second-order valence-corrected chi connectivity index (χ2v) is 3.35. The first kappa shape index (κ1) is 11.0. The molecule has 0 radical (unpaired) electrons. The fourth-order valence-corrected chi connectivity index (χ4v) is 1.25. The first-order chi connectivity index (χ1) is 6.63. The Hall–Kier alpha value is -1.09. The van der Waals surface area contributed by atoms with E-state index in [0.29, 0.717) is 6.54 Å². The zero-order valence-corrected chi connectivity index (χ0v) is 8.57. The monoisotopic (exact) mass is 215 g/mol. The number of hydrogen-bond donors (Lipinski definition) is 1. The smallest absolute Gasteiger partial charge is 0.251 e. The highest BCUT2D eigenvalue weighted by Gasteiger charge is 2.06. The Bertz CT molecular complexity index is 321. The lowest BCUT2D eigenvalue weighted by atomic mass is 10.2. The average Bonchev–Trinajstić information content (AvgIpc) is 2.12. The maximum Gasteiger partial charge on any atom is 0.251 e. The molecule has 0 spiro atoms. The fraction of sp³-hybridized carbons (Fsp3) is 0.300. The third-order valence-corrected chi connectivity index (χ3v) is 1.88. The minimum Gasteiger partial charge on any atom is -0.352 e. The van der Waals surface area contributed by atoms with E-state index in [1.807, 2.05) is 6.92 Å². The summed E-state index contributed by atoms with van der Waals surface area (Å²) in [6.07, 6.45) is 0.842. The largest absolute Gasteiger partial charge is 0.352 e. The molecule has 4 heteroatoms. The van der Waals surface area contributed by atoms with Crippen LogP contribution in [0, 0.1) is 5.82 Å². The Labute approximate surface area is 87.1 Å². The van der Waals surface area contributed by atoms with Crippen LogP contribution in [0.15, 0.2) is 18.2 Å². The lowest BCUT2D eigenvalue weighted by Gasteiger charge is -2.03. The summed E-state index contributed by atoms with van der Waals surface area (Å²) in [6.45, 7) is 2.52. The van der Waals surface area contributed by atoms with Crippen molar-refractivity contribution in [3.8, 4) is 0 Å². The number of carbonyl (C=O) groups is 1. The van der Waals surface area contributed by atoms with Crippen LogP contribution in [0.25, 0.3) is 0 Å². The standard InChI is InChI=1S/C10H11ClFNO/c1-2-3-13-10(14)7-4-8(11)6-9(12)5-7/h4-6H,2-3H2,1H3,(H,13,14). The quantitative estimate of drug-likeness (QED) is 0.825. The van der Waals surface area contributed by atoms with Crippen molar-refractivity contribution in [3.05, 3.63) is 34.6 Å². The Morgan fingerprint density at radius 3 is 2.79 bits per heavy atom. The number of rotatable bonds is 3. The van der Waals surface area contributed by atoms with Gasteiger partial charge in [-0.1, -0.05) is 18.5 Å². The second kappa shape index (κ2) is 4.96. The third kappa shape index (κ3) is 3.00. The average molecular weight is 216 g/mol. The van der Waals surface area contributed by atoms with E-state index in [4.69, 9.17) is 11.6 Å². The third-order valence-electron chi connectivity index (χ3n) is 1.66. The van der Waals surface area contributed by atoms with Gasteiger partial charge in [-0.2, -0.15) is 0 Å². The molecule has 1 amide bonds. The van der Waals surface area contributed by atoms with Crippen LogP contribution in [-0.2, 0) is 0 Å². The predicted octanol–water partition coefficient (Wildman–Crippen LogP) is 2.62. The Morgan fingerprint density at radius 1 is 1.50 bits per heavy atom. The van der Waals surface area contributed by atoms with Gasteiger partial charge in [-0.3, -0.25) is 4.79 Å². The van der Waals surface area contributed by atoms with Gasteiger partial charge in [-0.25, -0.2) is 4.39 Å². The van der Waals surface area contributed by atoms with E-state index >= 15 is 0 Å². The van der Waals surface area contributed by atoms with Crippen molar-refractivity contribution in [1.29, 1.82) is 0 Å². The SMILES string of the molecule is CCCNC(=O)c1cc(F)cc(Cl)c1. The van der Waals surface area contributed by atoms with Crippen LogP contribution in [0.1, 0.15) is 23.7 Å². The molecule has 1 N–H and O–H groups in total. The van der Waals surface area contributed by atoms with Crippen molar-refractivity contribution < 1.29 is 9.18 Å². The number of amides is 1. The highest BCUT2D eigenvalue weighted by Crippen LogP contribution is 2.13. The molecule has 0 saturated heterocycles. The number of carbonyl (C=O) groups excluding carboxylic acids is 1. The summed E-state index contributed by atoms with van der Waals surface area (Å²) in [4.78, 5) is 11.4. The molecule has 0 unspecified atom stereocenters. The van der Waals surface area contributed by atoms with Crippen molar-refractivity contribution >= 4 is 17.5 Å². The topological polar surface area (TPSA) is 29.1 Å². The zero-order valence-electron chi connectivity index (χ0n) is 7.81. The minimum absolute atomic E-state index is 0.228. The van der Waals surface area contributed by atoms with E-state index in [9.17, 15) is 9.18 Å². The summed E-state index contributed by atoms with van der Waals surface area (Å²) < 4.78 is 12.8. The summed E-state index contributed by atoms with van der Waals surface area (Å²) in [7, 11) is 0. The molecular formula is C10H11ClFNO. The zero-order chi connectivity index (χ0) is 10.6. The van der Waals surface area contributed by atoms with Crippen molar-refractivity contribution in [3.63, 3.8) is 0 Å². The van der Waals surface area contributed by atoms with Gasteiger partial charge in [0.2, 0.25) is 0 Å². The molecule has 0 atom stereocenters. The molecule has 0 bridgehead atoms. The van der Waals surface area contributed by atoms with Gasteiger partial charge >= 0.3 is 0 Å². The normalized spacial score (nSPS) is 9.93. The van der Waals surface area contributed by atoms with Gasteiger partial charge in [0.15, 0.2) is 0 Å². The van der Waals surface area contributed by atoms with E-state index in [-0.39, 0.29) is 16.5 Å². The predicted molar refractivity (Wildman–Crippen MR) is 54.0 cm³/mol. The van der Waals surface area contributed by atoms with Crippen LogP contribution in [-0.4, -0.2) is 12.5 Å². The molecule has 2 nitrogen and oxygen atoms in total.